The second-order valence-corrected chi connectivity index (χ2v) is 7.85. The second kappa shape index (κ2) is 10.4. The molecular formula is C18H16N2O6S2. The minimum absolute atomic E-state index is 0.117. The first-order valence-corrected chi connectivity index (χ1v) is 10.3. The summed E-state index contributed by atoms with van der Waals surface area (Å²) in [4.78, 5) is 45.2. The fraction of sp³-hybridized carbons (Fsp3) is 0.111. The van der Waals surface area contributed by atoms with E-state index in [1.165, 1.54) is 70.1 Å². The van der Waals surface area contributed by atoms with Gasteiger partial charge < -0.3 is 20.8 Å². The normalized spacial score (nSPS) is 10.1. The Hall–Kier alpha value is -2.98. The van der Waals surface area contributed by atoms with Gasteiger partial charge in [-0.25, -0.2) is 9.59 Å². The van der Waals surface area contributed by atoms with Gasteiger partial charge in [0, 0.05) is 11.4 Å². The molecule has 0 saturated carbocycles. The molecule has 2 aromatic rings. The molecule has 0 fully saturated rings. The summed E-state index contributed by atoms with van der Waals surface area (Å²) in [6, 6.07) is 11.6. The van der Waals surface area contributed by atoms with Crippen LogP contribution >= 0.6 is 21.6 Å². The number of carbonyl (C=O) groups is 4. The highest BCUT2D eigenvalue weighted by Gasteiger charge is 2.08. The number of rotatable bonds is 9. The minimum atomic E-state index is -1.04. The molecule has 10 heteroatoms. The summed E-state index contributed by atoms with van der Waals surface area (Å²) < 4.78 is 0. The standard InChI is InChI=1S/C18H16N2O6S2/c21-15(19-13-5-1-11(2-6-13)17(23)24)9-27-28-10-16(22)20-14-7-3-12(4-8-14)18(25)26/h1-8H,9-10H2,(H,19,21)(H,20,22)(H,23,24)(H,25,26). The van der Waals surface area contributed by atoms with Crippen molar-refractivity contribution >= 4 is 56.7 Å². The predicted molar refractivity (Wildman–Crippen MR) is 109 cm³/mol. The maximum atomic E-state index is 11.8. The molecule has 4 N–H and O–H groups in total. The lowest BCUT2D eigenvalue weighted by Gasteiger charge is -2.06. The van der Waals surface area contributed by atoms with Gasteiger partial charge in [-0.05, 0) is 48.5 Å². The summed E-state index contributed by atoms with van der Waals surface area (Å²) >= 11 is 0. The van der Waals surface area contributed by atoms with Gasteiger partial charge in [-0.15, -0.1) is 0 Å². The fourth-order valence-electron chi connectivity index (χ4n) is 1.98. The topological polar surface area (TPSA) is 133 Å². The summed E-state index contributed by atoms with van der Waals surface area (Å²) in [6.07, 6.45) is 0. The van der Waals surface area contributed by atoms with Crippen molar-refractivity contribution in [1.29, 1.82) is 0 Å². The van der Waals surface area contributed by atoms with Crippen LogP contribution in [0.4, 0.5) is 11.4 Å². The van der Waals surface area contributed by atoms with Crippen molar-refractivity contribution < 1.29 is 29.4 Å². The van der Waals surface area contributed by atoms with E-state index in [9.17, 15) is 19.2 Å². The van der Waals surface area contributed by atoms with E-state index in [0.717, 1.165) is 0 Å². The molecule has 0 aliphatic rings. The van der Waals surface area contributed by atoms with Crippen LogP contribution in [0.3, 0.4) is 0 Å². The molecule has 28 heavy (non-hydrogen) atoms. The molecule has 0 aliphatic heterocycles. The summed E-state index contributed by atoms with van der Waals surface area (Å²) in [5.74, 6) is -2.39. The maximum absolute atomic E-state index is 11.8. The van der Waals surface area contributed by atoms with Crippen molar-refractivity contribution in [1.82, 2.24) is 0 Å². The van der Waals surface area contributed by atoms with Gasteiger partial charge in [0.2, 0.25) is 11.8 Å². The molecule has 0 aromatic heterocycles. The number of carbonyl (C=O) groups excluding carboxylic acids is 2. The largest absolute Gasteiger partial charge is 0.478 e. The average Bonchev–Trinajstić information content (AvgIpc) is 2.66. The number of aromatic carboxylic acids is 2. The summed E-state index contributed by atoms with van der Waals surface area (Å²) in [7, 11) is 2.41. The van der Waals surface area contributed by atoms with Crippen LogP contribution in [-0.2, 0) is 9.59 Å². The van der Waals surface area contributed by atoms with Crippen LogP contribution in [-0.4, -0.2) is 45.5 Å². The number of carboxylic acid groups (broad SMARTS) is 2. The predicted octanol–water partition coefficient (Wildman–Crippen LogP) is 3.04. The van der Waals surface area contributed by atoms with E-state index in [0.29, 0.717) is 11.4 Å². The maximum Gasteiger partial charge on any atom is 0.335 e. The number of amides is 2. The Morgan fingerprint density at radius 2 is 0.964 bits per heavy atom. The third-order valence-electron chi connectivity index (χ3n) is 3.29. The third-order valence-corrected chi connectivity index (χ3v) is 5.43. The number of carboxylic acids is 2. The molecule has 0 bridgehead atoms. The smallest absolute Gasteiger partial charge is 0.335 e. The Morgan fingerprint density at radius 1 is 0.643 bits per heavy atom. The van der Waals surface area contributed by atoms with Crippen LogP contribution in [0.25, 0.3) is 0 Å². The summed E-state index contributed by atoms with van der Waals surface area (Å²) in [5.41, 5.74) is 1.24. The molecule has 2 aromatic carbocycles. The van der Waals surface area contributed by atoms with Gasteiger partial charge >= 0.3 is 11.9 Å². The zero-order valence-electron chi connectivity index (χ0n) is 14.4. The molecule has 146 valence electrons. The van der Waals surface area contributed by atoms with Crippen LogP contribution < -0.4 is 10.6 Å². The Balaban J connectivity index is 1.67. The Kier molecular flexibility index (Phi) is 7.90. The molecule has 8 nitrogen and oxygen atoms in total. The highest BCUT2D eigenvalue weighted by atomic mass is 33.1. The quantitative estimate of drug-likeness (QED) is 0.359. The number of hydrogen-bond donors (Lipinski definition) is 4. The van der Waals surface area contributed by atoms with Crippen LogP contribution in [0.1, 0.15) is 20.7 Å². The number of anilines is 2. The Morgan fingerprint density at radius 3 is 1.25 bits per heavy atom. The zero-order chi connectivity index (χ0) is 20.5. The molecule has 0 unspecified atom stereocenters. The number of benzene rings is 2. The van der Waals surface area contributed by atoms with E-state index in [-0.39, 0.29) is 34.4 Å². The van der Waals surface area contributed by atoms with Crippen LogP contribution in [0, 0.1) is 0 Å². The van der Waals surface area contributed by atoms with Gasteiger partial charge in [-0.2, -0.15) is 0 Å². The first-order valence-electron chi connectivity index (χ1n) is 7.86. The van der Waals surface area contributed by atoms with Crippen LogP contribution in [0.5, 0.6) is 0 Å². The lowest BCUT2D eigenvalue weighted by molar-refractivity contribution is -0.114. The first-order chi connectivity index (χ1) is 13.3. The molecule has 0 saturated heterocycles. The molecule has 0 spiro atoms. The lowest BCUT2D eigenvalue weighted by Crippen LogP contribution is -2.15. The van der Waals surface area contributed by atoms with Crippen molar-refractivity contribution in [2.45, 2.75) is 0 Å². The van der Waals surface area contributed by atoms with Gasteiger partial charge in [0.15, 0.2) is 0 Å². The average molecular weight is 420 g/mol. The zero-order valence-corrected chi connectivity index (χ0v) is 16.0. The molecule has 0 radical (unpaired) electrons. The summed E-state index contributed by atoms with van der Waals surface area (Å²) in [5, 5.41) is 22.9. The first kappa shape index (κ1) is 21.3. The molecule has 0 heterocycles. The van der Waals surface area contributed by atoms with Gasteiger partial charge in [0.05, 0.1) is 22.6 Å². The van der Waals surface area contributed by atoms with Crippen molar-refractivity contribution in [3.8, 4) is 0 Å². The summed E-state index contributed by atoms with van der Waals surface area (Å²) in [6.45, 7) is 0. The minimum Gasteiger partial charge on any atom is -0.478 e. The van der Waals surface area contributed by atoms with Crippen molar-refractivity contribution in [2.24, 2.45) is 0 Å². The van der Waals surface area contributed by atoms with Crippen LogP contribution in [0.15, 0.2) is 48.5 Å². The second-order valence-electron chi connectivity index (χ2n) is 5.39. The van der Waals surface area contributed by atoms with E-state index < -0.39 is 11.9 Å². The van der Waals surface area contributed by atoms with Crippen LogP contribution in [0.2, 0.25) is 0 Å². The third kappa shape index (κ3) is 6.97. The SMILES string of the molecule is O=C(CSSCC(=O)Nc1ccc(C(=O)O)cc1)Nc1ccc(C(=O)O)cc1. The highest BCUT2D eigenvalue weighted by Crippen LogP contribution is 2.22. The molecular weight excluding hydrogens is 404 g/mol. The fourth-order valence-corrected chi connectivity index (χ4v) is 3.64. The van der Waals surface area contributed by atoms with E-state index in [1.54, 1.807) is 0 Å². The Labute approximate surface area is 168 Å². The molecule has 0 atom stereocenters. The molecule has 0 aliphatic carbocycles. The van der Waals surface area contributed by atoms with E-state index in [2.05, 4.69) is 10.6 Å². The molecule has 2 rings (SSSR count). The Bertz CT molecular complexity index is 795. The van der Waals surface area contributed by atoms with Gasteiger partial charge in [-0.3, -0.25) is 9.59 Å². The lowest BCUT2D eigenvalue weighted by atomic mass is 10.2. The van der Waals surface area contributed by atoms with Crippen molar-refractivity contribution in [3.63, 3.8) is 0 Å². The van der Waals surface area contributed by atoms with Gasteiger partial charge in [-0.1, -0.05) is 21.6 Å². The van der Waals surface area contributed by atoms with Crippen molar-refractivity contribution in [3.05, 3.63) is 59.7 Å². The van der Waals surface area contributed by atoms with Gasteiger partial charge in [0.25, 0.3) is 0 Å². The van der Waals surface area contributed by atoms with E-state index in [1.807, 2.05) is 0 Å². The van der Waals surface area contributed by atoms with Gasteiger partial charge in [0.1, 0.15) is 0 Å². The van der Waals surface area contributed by atoms with E-state index in [4.69, 9.17) is 10.2 Å². The van der Waals surface area contributed by atoms with E-state index >= 15 is 0 Å². The van der Waals surface area contributed by atoms with Crippen molar-refractivity contribution in [2.75, 3.05) is 22.1 Å². The monoisotopic (exact) mass is 420 g/mol. The number of hydrogen-bond acceptors (Lipinski definition) is 6. The molecule has 2 amide bonds. The highest BCUT2D eigenvalue weighted by molar-refractivity contribution is 8.77. The number of nitrogens with one attached hydrogen (secondary N) is 2.